The van der Waals surface area contributed by atoms with Crippen molar-refractivity contribution in [1.82, 2.24) is 0 Å². The SMILES string of the molecule is O=C(CCC(=O)Oc1ccccc1-c1ccccc1)Oc1ccccc1-c1ccccc1. The summed E-state index contributed by atoms with van der Waals surface area (Å²) >= 11 is 0. The highest BCUT2D eigenvalue weighted by Crippen LogP contribution is 2.31. The molecule has 0 aliphatic heterocycles. The van der Waals surface area contributed by atoms with Crippen molar-refractivity contribution in [3.63, 3.8) is 0 Å². The molecule has 0 aliphatic rings. The van der Waals surface area contributed by atoms with Gasteiger partial charge in [0.2, 0.25) is 0 Å². The van der Waals surface area contributed by atoms with Gasteiger partial charge in [-0.05, 0) is 23.3 Å². The Morgan fingerprint density at radius 1 is 0.469 bits per heavy atom. The summed E-state index contributed by atoms with van der Waals surface area (Å²) < 4.78 is 11.1. The van der Waals surface area contributed by atoms with E-state index >= 15 is 0 Å². The Morgan fingerprint density at radius 2 is 0.812 bits per heavy atom. The summed E-state index contributed by atoms with van der Waals surface area (Å²) in [5, 5.41) is 0. The predicted molar refractivity (Wildman–Crippen MR) is 124 cm³/mol. The predicted octanol–water partition coefficient (Wildman–Crippen LogP) is 6.31. The van der Waals surface area contributed by atoms with Crippen LogP contribution < -0.4 is 9.47 Å². The Bertz CT molecular complexity index is 1100. The summed E-state index contributed by atoms with van der Waals surface area (Å²) in [6.45, 7) is 0. The highest BCUT2D eigenvalue weighted by Gasteiger charge is 2.15. The second kappa shape index (κ2) is 10.2. The standard InChI is InChI=1S/C28H22O4/c29-27(31-25-17-9-7-15-23(25)21-11-3-1-4-12-21)19-20-28(30)32-26-18-10-8-16-24(26)22-13-5-2-6-14-22/h1-18H,19-20H2. The van der Waals surface area contributed by atoms with Crippen LogP contribution in [0.15, 0.2) is 109 Å². The fraction of sp³-hybridized carbons (Fsp3) is 0.0714. The number of hydrogen-bond acceptors (Lipinski definition) is 4. The van der Waals surface area contributed by atoms with E-state index in [9.17, 15) is 9.59 Å². The third-order valence-electron chi connectivity index (χ3n) is 4.92. The van der Waals surface area contributed by atoms with Crippen LogP contribution in [0.25, 0.3) is 22.3 Å². The maximum Gasteiger partial charge on any atom is 0.311 e. The molecule has 0 bridgehead atoms. The fourth-order valence-electron chi connectivity index (χ4n) is 3.38. The molecule has 0 spiro atoms. The molecule has 4 rings (SSSR count). The summed E-state index contributed by atoms with van der Waals surface area (Å²) in [5.41, 5.74) is 3.54. The van der Waals surface area contributed by atoms with Crippen LogP contribution in [0.3, 0.4) is 0 Å². The Balaban J connectivity index is 1.38. The first-order valence-electron chi connectivity index (χ1n) is 10.4. The summed E-state index contributed by atoms with van der Waals surface area (Å²) in [5.74, 6) is -0.0404. The van der Waals surface area contributed by atoms with Gasteiger partial charge in [0.1, 0.15) is 11.5 Å². The molecule has 0 N–H and O–H groups in total. The van der Waals surface area contributed by atoms with E-state index in [1.165, 1.54) is 0 Å². The van der Waals surface area contributed by atoms with E-state index in [-0.39, 0.29) is 12.8 Å². The molecule has 158 valence electrons. The van der Waals surface area contributed by atoms with Gasteiger partial charge < -0.3 is 9.47 Å². The molecule has 0 fully saturated rings. The number of rotatable bonds is 7. The molecule has 0 atom stereocenters. The topological polar surface area (TPSA) is 52.6 Å². The van der Waals surface area contributed by atoms with Crippen LogP contribution in [0.4, 0.5) is 0 Å². The van der Waals surface area contributed by atoms with Crippen LogP contribution in [0.2, 0.25) is 0 Å². The van der Waals surface area contributed by atoms with Crippen molar-refractivity contribution in [2.75, 3.05) is 0 Å². The zero-order valence-corrected chi connectivity index (χ0v) is 17.4. The lowest BCUT2D eigenvalue weighted by Gasteiger charge is -2.11. The summed E-state index contributed by atoms with van der Waals surface area (Å²) in [6, 6.07) is 34.1. The highest BCUT2D eigenvalue weighted by atomic mass is 16.5. The van der Waals surface area contributed by atoms with Crippen LogP contribution >= 0.6 is 0 Å². The van der Waals surface area contributed by atoms with Gasteiger partial charge in [-0.15, -0.1) is 0 Å². The third-order valence-corrected chi connectivity index (χ3v) is 4.92. The van der Waals surface area contributed by atoms with Gasteiger partial charge in [0.25, 0.3) is 0 Å². The van der Waals surface area contributed by atoms with Gasteiger partial charge in [0.05, 0.1) is 12.8 Å². The maximum atomic E-state index is 12.4. The molecule has 0 saturated heterocycles. The molecule has 0 saturated carbocycles. The molecule has 0 aliphatic carbocycles. The first kappa shape index (κ1) is 21.1. The van der Waals surface area contributed by atoms with E-state index in [1.807, 2.05) is 97.1 Å². The number of carbonyl (C=O) groups is 2. The Kier molecular flexibility index (Phi) is 6.73. The molecular formula is C28H22O4. The van der Waals surface area contributed by atoms with E-state index in [0.717, 1.165) is 22.3 Å². The van der Waals surface area contributed by atoms with Gasteiger partial charge >= 0.3 is 11.9 Å². The zero-order valence-electron chi connectivity index (χ0n) is 17.4. The van der Waals surface area contributed by atoms with E-state index in [2.05, 4.69) is 0 Å². The van der Waals surface area contributed by atoms with Crippen molar-refractivity contribution in [3.05, 3.63) is 109 Å². The minimum absolute atomic E-state index is 0.0739. The second-order valence-electron chi connectivity index (χ2n) is 7.17. The van der Waals surface area contributed by atoms with E-state index in [0.29, 0.717) is 11.5 Å². The van der Waals surface area contributed by atoms with Crippen molar-refractivity contribution in [1.29, 1.82) is 0 Å². The molecule has 0 radical (unpaired) electrons. The second-order valence-corrected chi connectivity index (χ2v) is 7.17. The summed E-state index contributed by atoms with van der Waals surface area (Å²) in [6.07, 6.45) is -0.148. The smallest absolute Gasteiger partial charge is 0.311 e. The van der Waals surface area contributed by atoms with Crippen LogP contribution in [0.1, 0.15) is 12.8 Å². The van der Waals surface area contributed by atoms with Crippen LogP contribution in [-0.4, -0.2) is 11.9 Å². The molecular weight excluding hydrogens is 400 g/mol. The molecule has 4 aromatic carbocycles. The van der Waals surface area contributed by atoms with E-state index < -0.39 is 11.9 Å². The quantitative estimate of drug-likeness (QED) is 0.259. The molecule has 0 amide bonds. The fourth-order valence-corrected chi connectivity index (χ4v) is 3.38. The maximum absolute atomic E-state index is 12.4. The molecule has 32 heavy (non-hydrogen) atoms. The van der Waals surface area contributed by atoms with Gasteiger partial charge in [-0.25, -0.2) is 0 Å². The lowest BCUT2D eigenvalue weighted by atomic mass is 10.0. The molecule has 0 unspecified atom stereocenters. The first-order chi connectivity index (χ1) is 15.7. The molecule has 4 nitrogen and oxygen atoms in total. The number of ether oxygens (including phenoxy) is 2. The van der Waals surface area contributed by atoms with Gasteiger partial charge in [-0.2, -0.15) is 0 Å². The van der Waals surface area contributed by atoms with Crippen molar-refractivity contribution in [2.45, 2.75) is 12.8 Å². The molecule has 0 aromatic heterocycles. The number of benzene rings is 4. The van der Waals surface area contributed by atoms with Gasteiger partial charge in [-0.1, -0.05) is 97.1 Å². The lowest BCUT2D eigenvalue weighted by Crippen LogP contribution is -2.14. The highest BCUT2D eigenvalue weighted by molar-refractivity contribution is 5.83. The third kappa shape index (κ3) is 5.29. The Morgan fingerprint density at radius 3 is 1.22 bits per heavy atom. The Hall–Kier alpha value is -4.18. The zero-order chi connectivity index (χ0) is 22.2. The van der Waals surface area contributed by atoms with E-state index in [4.69, 9.17) is 9.47 Å². The average Bonchev–Trinajstić information content (AvgIpc) is 2.84. The van der Waals surface area contributed by atoms with Crippen molar-refractivity contribution >= 4 is 11.9 Å². The van der Waals surface area contributed by atoms with E-state index in [1.54, 1.807) is 12.1 Å². The minimum Gasteiger partial charge on any atom is -0.426 e. The largest absolute Gasteiger partial charge is 0.426 e. The normalized spacial score (nSPS) is 10.4. The number of para-hydroxylation sites is 2. The summed E-state index contributed by atoms with van der Waals surface area (Å²) in [4.78, 5) is 24.8. The number of hydrogen-bond donors (Lipinski definition) is 0. The lowest BCUT2D eigenvalue weighted by molar-refractivity contribution is -0.140. The van der Waals surface area contributed by atoms with Crippen molar-refractivity contribution in [3.8, 4) is 33.8 Å². The number of esters is 2. The van der Waals surface area contributed by atoms with Crippen LogP contribution in [0, 0.1) is 0 Å². The van der Waals surface area contributed by atoms with Crippen molar-refractivity contribution < 1.29 is 19.1 Å². The van der Waals surface area contributed by atoms with Crippen LogP contribution in [0.5, 0.6) is 11.5 Å². The Labute approximate surface area is 187 Å². The average molecular weight is 422 g/mol. The number of carbonyl (C=O) groups excluding carboxylic acids is 2. The molecule has 4 aromatic rings. The van der Waals surface area contributed by atoms with Gasteiger partial charge in [0, 0.05) is 11.1 Å². The minimum atomic E-state index is -0.485. The van der Waals surface area contributed by atoms with Crippen molar-refractivity contribution in [2.24, 2.45) is 0 Å². The van der Waals surface area contributed by atoms with Crippen LogP contribution in [-0.2, 0) is 9.59 Å². The van der Waals surface area contributed by atoms with Gasteiger partial charge in [0.15, 0.2) is 0 Å². The molecule has 0 heterocycles. The molecule has 4 heteroatoms. The monoisotopic (exact) mass is 422 g/mol. The first-order valence-corrected chi connectivity index (χ1v) is 10.4. The summed E-state index contributed by atoms with van der Waals surface area (Å²) in [7, 11) is 0. The van der Waals surface area contributed by atoms with Gasteiger partial charge in [-0.3, -0.25) is 9.59 Å².